The SMILES string of the molecule is CC1(Sc2ccc(B3OC(C)(C)C(C)(C)O3)cc2F)C=CC(OC2CCCC2)=CC1F. The van der Waals surface area contributed by atoms with E-state index in [9.17, 15) is 4.39 Å². The average Bonchev–Trinajstić information content (AvgIpc) is 3.26. The Kier molecular flexibility index (Phi) is 6.08. The monoisotopic (exact) mass is 448 g/mol. The first kappa shape index (κ1) is 22.9. The molecule has 0 bridgehead atoms. The number of alkyl halides is 1. The van der Waals surface area contributed by atoms with Gasteiger partial charge in [-0.25, -0.2) is 8.78 Å². The lowest BCUT2D eigenvalue weighted by atomic mass is 9.79. The van der Waals surface area contributed by atoms with Crippen LogP contribution in [0.5, 0.6) is 0 Å². The summed E-state index contributed by atoms with van der Waals surface area (Å²) in [6.07, 6.45) is 8.39. The van der Waals surface area contributed by atoms with Gasteiger partial charge in [0.1, 0.15) is 17.7 Å². The molecule has 7 heteroatoms. The van der Waals surface area contributed by atoms with E-state index in [1.807, 2.05) is 33.8 Å². The Balaban J connectivity index is 1.45. The topological polar surface area (TPSA) is 27.7 Å². The van der Waals surface area contributed by atoms with Gasteiger partial charge in [-0.05, 0) is 90.0 Å². The Morgan fingerprint density at radius 1 is 1.06 bits per heavy atom. The number of halogens is 2. The summed E-state index contributed by atoms with van der Waals surface area (Å²) in [5.41, 5.74) is -0.365. The highest BCUT2D eigenvalue weighted by Gasteiger charge is 2.51. The van der Waals surface area contributed by atoms with Crippen molar-refractivity contribution in [1.29, 1.82) is 0 Å². The molecular formula is C24H31BF2O3S. The zero-order valence-corrected chi connectivity index (χ0v) is 19.7. The van der Waals surface area contributed by atoms with Gasteiger partial charge in [0.15, 0.2) is 0 Å². The third-order valence-electron chi connectivity index (χ3n) is 6.85. The lowest BCUT2D eigenvalue weighted by molar-refractivity contribution is 0.00578. The molecule has 0 amide bonds. The first-order valence-corrected chi connectivity index (χ1v) is 11.9. The van der Waals surface area contributed by atoms with Gasteiger partial charge in [-0.3, -0.25) is 0 Å². The number of thioether (sulfide) groups is 1. The van der Waals surface area contributed by atoms with Gasteiger partial charge < -0.3 is 14.0 Å². The highest BCUT2D eigenvalue weighted by molar-refractivity contribution is 8.01. The van der Waals surface area contributed by atoms with E-state index in [1.54, 1.807) is 25.1 Å². The minimum Gasteiger partial charge on any atom is -0.491 e. The van der Waals surface area contributed by atoms with Crippen LogP contribution in [0.15, 0.2) is 47.1 Å². The highest BCUT2D eigenvalue weighted by atomic mass is 32.2. The molecule has 1 saturated heterocycles. The number of hydrogen-bond donors (Lipinski definition) is 0. The van der Waals surface area contributed by atoms with Crippen molar-refractivity contribution in [1.82, 2.24) is 0 Å². The molecule has 0 radical (unpaired) electrons. The molecule has 1 heterocycles. The number of hydrogen-bond acceptors (Lipinski definition) is 4. The fourth-order valence-corrected chi connectivity index (χ4v) is 5.12. The molecule has 1 saturated carbocycles. The Hall–Kier alpha value is -1.31. The van der Waals surface area contributed by atoms with E-state index in [0.29, 0.717) is 16.1 Å². The van der Waals surface area contributed by atoms with Gasteiger partial charge in [-0.1, -0.05) is 12.1 Å². The highest BCUT2D eigenvalue weighted by Crippen LogP contribution is 2.43. The van der Waals surface area contributed by atoms with Crippen molar-refractivity contribution in [2.45, 2.75) is 93.4 Å². The predicted octanol–water partition coefficient (Wildman–Crippen LogP) is 5.73. The van der Waals surface area contributed by atoms with Crippen LogP contribution in [0.4, 0.5) is 8.78 Å². The second-order valence-electron chi connectivity index (χ2n) is 9.89. The summed E-state index contributed by atoms with van der Waals surface area (Å²) in [6.45, 7) is 9.63. The summed E-state index contributed by atoms with van der Waals surface area (Å²) in [4.78, 5) is 0.392. The zero-order valence-electron chi connectivity index (χ0n) is 18.9. The van der Waals surface area contributed by atoms with Crippen molar-refractivity contribution >= 4 is 24.3 Å². The lowest BCUT2D eigenvalue weighted by Crippen LogP contribution is -2.41. The molecule has 2 unspecified atom stereocenters. The first-order chi connectivity index (χ1) is 14.5. The quantitative estimate of drug-likeness (QED) is 0.538. The van der Waals surface area contributed by atoms with Crippen molar-refractivity contribution in [3.05, 3.63) is 48.0 Å². The largest absolute Gasteiger partial charge is 0.494 e. The maximum atomic E-state index is 15.1. The molecule has 3 nitrogen and oxygen atoms in total. The van der Waals surface area contributed by atoms with Crippen LogP contribution in [-0.2, 0) is 14.0 Å². The van der Waals surface area contributed by atoms with Gasteiger partial charge in [-0.15, -0.1) is 11.8 Å². The fourth-order valence-electron chi connectivity index (χ4n) is 4.03. The van der Waals surface area contributed by atoms with Crippen molar-refractivity contribution in [2.24, 2.45) is 0 Å². The number of rotatable bonds is 5. The van der Waals surface area contributed by atoms with E-state index in [0.717, 1.165) is 25.7 Å². The van der Waals surface area contributed by atoms with Crippen molar-refractivity contribution < 1.29 is 22.8 Å². The van der Waals surface area contributed by atoms with Gasteiger partial charge in [0.25, 0.3) is 0 Å². The minimum atomic E-state index is -1.28. The molecular weight excluding hydrogens is 417 g/mol. The predicted molar refractivity (Wildman–Crippen MR) is 122 cm³/mol. The first-order valence-electron chi connectivity index (χ1n) is 11.0. The van der Waals surface area contributed by atoms with E-state index < -0.39 is 35.1 Å². The van der Waals surface area contributed by atoms with Gasteiger partial charge >= 0.3 is 7.12 Å². The van der Waals surface area contributed by atoms with Gasteiger partial charge in [-0.2, -0.15) is 0 Å². The van der Waals surface area contributed by atoms with Gasteiger partial charge in [0, 0.05) is 4.90 Å². The molecule has 3 aliphatic rings. The number of ether oxygens (including phenoxy) is 1. The maximum absolute atomic E-state index is 15.1. The normalized spacial score (nSPS) is 30.0. The van der Waals surface area contributed by atoms with Crippen molar-refractivity contribution in [3.63, 3.8) is 0 Å². The second kappa shape index (κ2) is 8.24. The average molecular weight is 448 g/mol. The summed E-state index contributed by atoms with van der Waals surface area (Å²) in [6, 6.07) is 4.90. The molecule has 4 rings (SSSR count). The molecule has 168 valence electrons. The fraction of sp³-hybridized carbons (Fsp3) is 0.583. The molecule has 1 aliphatic heterocycles. The van der Waals surface area contributed by atoms with Crippen LogP contribution in [0.3, 0.4) is 0 Å². The molecule has 31 heavy (non-hydrogen) atoms. The summed E-state index contributed by atoms with van der Waals surface area (Å²) in [5, 5.41) is 0. The minimum absolute atomic E-state index is 0.181. The third-order valence-corrected chi connectivity index (χ3v) is 8.20. The van der Waals surface area contributed by atoms with Crippen molar-refractivity contribution in [3.8, 4) is 0 Å². The van der Waals surface area contributed by atoms with Gasteiger partial charge in [0.05, 0.1) is 22.1 Å². The Labute approximate surface area is 188 Å². The molecule has 0 N–H and O–H groups in total. The van der Waals surface area contributed by atoms with E-state index >= 15 is 4.39 Å². The Morgan fingerprint density at radius 2 is 1.71 bits per heavy atom. The lowest BCUT2D eigenvalue weighted by Gasteiger charge is -2.32. The van der Waals surface area contributed by atoms with Crippen LogP contribution in [-0.4, -0.2) is 35.3 Å². The molecule has 2 fully saturated rings. The summed E-state index contributed by atoms with van der Waals surface area (Å²) in [7, 11) is -0.629. The summed E-state index contributed by atoms with van der Waals surface area (Å²) in [5.74, 6) is 0.171. The van der Waals surface area contributed by atoms with Crippen LogP contribution in [0, 0.1) is 5.82 Å². The Bertz CT molecular complexity index is 879. The van der Waals surface area contributed by atoms with Crippen LogP contribution in [0.2, 0.25) is 0 Å². The van der Waals surface area contributed by atoms with Crippen LogP contribution in [0.1, 0.15) is 60.3 Å². The number of benzene rings is 1. The van der Waals surface area contributed by atoms with Crippen LogP contribution < -0.4 is 5.46 Å². The van der Waals surface area contributed by atoms with E-state index in [-0.39, 0.29) is 6.10 Å². The van der Waals surface area contributed by atoms with E-state index in [4.69, 9.17) is 14.0 Å². The molecule has 2 atom stereocenters. The molecule has 1 aromatic rings. The van der Waals surface area contributed by atoms with Crippen LogP contribution in [0.25, 0.3) is 0 Å². The smallest absolute Gasteiger partial charge is 0.491 e. The zero-order chi connectivity index (χ0) is 22.4. The molecule has 0 spiro atoms. The second-order valence-corrected chi connectivity index (χ2v) is 11.4. The van der Waals surface area contributed by atoms with E-state index in [1.165, 1.54) is 23.9 Å². The van der Waals surface area contributed by atoms with Crippen LogP contribution >= 0.6 is 11.8 Å². The van der Waals surface area contributed by atoms with E-state index in [2.05, 4.69) is 0 Å². The number of allylic oxidation sites excluding steroid dienone is 2. The van der Waals surface area contributed by atoms with Crippen molar-refractivity contribution in [2.75, 3.05) is 0 Å². The third kappa shape index (κ3) is 4.60. The Morgan fingerprint density at radius 3 is 2.29 bits per heavy atom. The summed E-state index contributed by atoms with van der Waals surface area (Å²) >= 11 is 1.18. The molecule has 1 aromatic carbocycles. The van der Waals surface area contributed by atoms with Gasteiger partial charge in [0.2, 0.25) is 0 Å². The molecule has 2 aliphatic carbocycles. The molecule has 0 aromatic heterocycles. The maximum Gasteiger partial charge on any atom is 0.494 e. The standard InChI is InChI=1S/C24H31BF2O3S/c1-22(2)23(3,4)30-25(29-22)16-10-11-20(19(26)14-16)31-24(5)13-12-18(15-21(24)27)28-17-8-6-7-9-17/h10-15,17,21H,6-9H2,1-5H3. The summed E-state index contributed by atoms with van der Waals surface area (Å²) < 4.78 is 47.1.